The average molecular weight is 348 g/mol. The lowest BCUT2D eigenvalue weighted by Gasteiger charge is -2.44. The van der Waals surface area contributed by atoms with Crippen LogP contribution < -0.4 is 10.2 Å². The topological polar surface area (TPSA) is 58.1 Å². The summed E-state index contributed by atoms with van der Waals surface area (Å²) in [5, 5.41) is 3.11. The molecule has 1 amide bonds. The van der Waals surface area contributed by atoms with E-state index in [2.05, 4.69) is 50.5 Å². The normalized spacial score (nSPS) is 21.4. The highest BCUT2D eigenvalue weighted by molar-refractivity contribution is 5.90. The summed E-state index contributed by atoms with van der Waals surface area (Å²) < 4.78 is 0. The lowest BCUT2D eigenvalue weighted by atomic mass is 9.69. The zero-order valence-electron chi connectivity index (χ0n) is 15.2. The van der Waals surface area contributed by atoms with E-state index in [-0.39, 0.29) is 11.3 Å². The number of aryl methyl sites for hydroxylation is 1. The molecule has 1 aromatic carbocycles. The van der Waals surface area contributed by atoms with Crippen molar-refractivity contribution in [2.45, 2.75) is 50.5 Å². The Morgan fingerprint density at radius 2 is 1.92 bits per heavy atom. The van der Waals surface area contributed by atoms with Crippen molar-refractivity contribution in [3.05, 3.63) is 53.0 Å². The number of nitrogens with one attached hydrogen (secondary N) is 1. The molecular weight excluding hydrogens is 324 g/mol. The Hall–Kier alpha value is -2.43. The highest BCUT2D eigenvalue weighted by Crippen LogP contribution is 2.42. The van der Waals surface area contributed by atoms with Gasteiger partial charge in [0.05, 0.1) is 5.41 Å². The van der Waals surface area contributed by atoms with Crippen LogP contribution in [0.4, 0.5) is 5.82 Å². The summed E-state index contributed by atoms with van der Waals surface area (Å²) in [6.07, 6.45) is 4.15. The third-order valence-electron chi connectivity index (χ3n) is 6.19. The molecule has 26 heavy (non-hydrogen) atoms. The lowest BCUT2D eigenvalue weighted by Crippen LogP contribution is -2.54. The van der Waals surface area contributed by atoms with Crippen molar-refractivity contribution >= 4 is 11.7 Å². The molecular formula is C21H24N4O. The van der Waals surface area contributed by atoms with Crippen molar-refractivity contribution in [2.75, 3.05) is 18.0 Å². The van der Waals surface area contributed by atoms with Gasteiger partial charge in [-0.05, 0) is 43.7 Å². The van der Waals surface area contributed by atoms with Gasteiger partial charge in [-0.15, -0.1) is 0 Å². The van der Waals surface area contributed by atoms with Gasteiger partial charge in [-0.3, -0.25) is 4.79 Å². The molecule has 3 heterocycles. The minimum Gasteiger partial charge on any atom is -0.356 e. The van der Waals surface area contributed by atoms with Gasteiger partial charge in [-0.1, -0.05) is 24.3 Å². The number of aromatic nitrogens is 2. The molecule has 1 spiro atoms. The Morgan fingerprint density at radius 3 is 2.69 bits per heavy atom. The first kappa shape index (κ1) is 15.8. The Labute approximate surface area is 153 Å². The fourth-order valence-electron chi connectivity index (χ4n) is 4.55. The summed E-state index contributed by atoms with van der Waals surface area (Å²) in [5.74, 6) is 2.69. The molecule has 5 heteroatoms. The molecule has 1 aromatic heterocycles. The van der Waals surface area contributed by atoms with Crippen molar-refractivity contribution in [1.82, 2.24) is 15.3 Å². The number of anilines is 1. The maximum Gasteiger partial charge on any atom is 0.231 e. The van der Waals surface area contributed by atoms with Crippen LogP contribution in [0.5, 0.6) is 0 Å². The first-order valence-corrected chi connectivity index (χ1v) is 9.63. The van der Waals surface area contributed by atoms with E-state index in [0.717, 1.165) is 37.6 Å². The number of carbonyl (C=O) groups is 1. The number of amides is 1. The Kier molecular flexibility index (Phi) is 3.52. The van der Waals surface area contributed by atoms with Gasteiger partial charge >= 0.3 is 0 Å². The van der Waals surface area contributed by atoms with E-state index in [1.165, 1.54) is 29.7 Å². The SMILES string of the molecule is Cc1nc(C2CC2)cc(N2CCC3(CC2)C(=O)NCc2ccccc23)n1. The molecule has 3 aliphatic rings. The van der Waals surface area contributed by atoms with Crippen LogP contribution in [0.2, 0.25) is 0 Å². The predicted octanol–water partition coefficient (Wildman–Crippen LogP) is 2.83. The number of fused-ring (bicyclic) bond motifs is 2. The van der Waals surface area contributed by atoms with E-state index in [4.69, 9.17) is 0 Å². The number of hydrogen-bond donors (Lipinski definition) is 1. The monoisotopic (exact) mass is 348 g/mol. The van der Waals surface area contributed by atoms with Crippen LogP contribution in [0.1, 0.15) is 54.2 Å². The van der Waals surface area contributed by atoms with Crippen LogP contribution in [0.3, 0.4) is 0 Å². The number of piperidine rings is 1. The highest BCUT2D eigenvalue weighted by Gasteiger charge is 2.46. The number of benzene rings is 1. The average Bonchev–Trinajstić information content (AvgIpc) is 3.51. The van der Waals surface area contributed by atoms with E-state index >= 15 is 0 Å². The fraction of sp³-hybridized carbons (Fsp3) is 0.476. The molecule has 0 bridgehead atoms. The molecule has 0 atom stereocenters. The van der Waals surface area contributed by atoms with E-state index in [9.17, 15) is 4.79 Å². The fourth-order valence-corrected chi connectivity index (χ4v) is 4.55. The van der Waals surface area contributed by atoms with Crippen LogP contribution >= 0.6 is 0 Å². The molecule has 2 aliphatic heterocycles. The van der Waals surface area contributed by atoms with Gasteiger partial charge in [0.2, 0.25) is 5.91 Å². The van der Waals surface area contributed by atoms with E-state index in [0.29, 0.717) is 12.5 Å². The standard InChI is InChI=1S/C21H24N4O/c1-14-23-18(15-6-7-15)12-19(24-14)25-10-8-21(9-11-25)17-5-3-2-4-16(17)13-22-20(21)26/h2-5,12,15H,6-11,13H2,1H3,(H,22,26). The van der Waals surface area contributed by atoms with Gasteiger partial charge in [-0.2, -0.15) is 0 Å². The second-order valence-corrected chi connectivity index (χ2v) is 7.88. The smallest absolute Gasteiger partial charge is 0.231 e. The van der Waals surface area contributed by atoms with Crippen LogP contribution in [0.15, 0.2) is 30.3 Å². The molecule has 5 rings (SSSR count). The molecule has 1 aliphatic carbocycles. The lowest BCUT2D eigenvalue weighted by molar-refractivity contribution is -0.128. The highest BCUT2D eigenvalue weighted by atomic mass is 16.2. The molecule has 0 unspecified atom stereocenters. The maximum absolute atomic E-state index is 12.8. The number of nitrogens with zero attached hydrogens (tertiary/aromatic N) is 3. The minimum atomic E-state index is -0.382. The quantitative estimate of drug-likeness (QED) is 0.907. The second kappa shape index (κ2) is 5.79. The van der Waals surface area contributed by atoms with Gasteiger partial charge in [0.1, 0.15) is 11.6 Å². The first-order chi connectivity index (χ1) is 12.7. The molecule has 2 aromatic rings. The molecule has 134 valence electrons. The van der Waals surface area contributed by atoms with Crippen LogP contribution in [0, 0.1) is 6.92 Å². The van der Waals surface area contributed by atoms with Gasteiger partial charge < -0.3 is 10.2 Å². The largest absolute Gasteiger partial charge is 0.356 e. The van der Waals surface area contributed by atoms with Gasteiger partial charge in [0.25, 0.3) is 0 Å². The van der Waals surface area contributed by atoms with Crippen molar-refractivity contribution in [1.29, 1.82) is 0 Å². The summed E-state index contributed by atoms with van der Waals surface area (Å²) in [5.41, 5.74) is 3.29. The predicted molar refractivity (Wildman–Crippen MR) is 100 cm³/mol. The molecule has 5 nitrogen and oxygen atoms in total. The van der Waals surface area contributed by atoms with Crippen LogP contribution in [0.25, 0.3) is 0 Å². The summed E-state index contributed by atoms with van der Waals surface area (Å²) >= 11 is 0. The molecule has 1 N–H and O–H groups in total. The first-order valence-electron chi connectivity index (χ1n) is 9.63. The van der Waals surface area contributed by atoms with Crippen molar-refractivity contribution in [2.24, 2.45) is 0 Å². The second-order valence-electron chi connectivity index (χ2n) is 7.88. The number of carbonyl (C=O) groups excluding carboxylic acids is 1. The van der Waals surface area contributed by atoms with E-state index in [1.807, 2.05) is 6.92 Å². The van der Waals surface area contributed by atoms with Crippen LogP contribution in [-0.4, -0.2) is 29.0 Å². The minimum absolute atomic E-state index is 0.188. The number of rotatable bonds is 2. The summed E-state index contributed by atoms with van der Waals surface area (Å²) in [6, 6.07) is 10.6. The Morgan fingerprint density at radius 1 is 1.15 bits per heavy atom. The molecule has 2 fully saturated rings. The van der Waals surface area contributed by atoms with Gasteiger partial charge in [0, 0.05) is 37.3 Å². The van der Waals surface area contributed by atoms with Crippen molar-refractivity contribution in [3.8, 4) is 0 Å². The molecule has 1 saturated carbocycles. The van der Waals surface area contributed by atoms with Gasteiger partial charge in [-0.25, -0.2) is 9.97 Å². The van der Waals surface area contributed by atoms with Gasteiger partial charge in [0.15, 0.2) is 0 Å². The third kappa shape index (κ3) is 2.49. The molecule has 0 radical (unpaired) electrons. The van der Waals surface area contributed by atoms with Crippen LogP contribution in [-0.2, 0) is 16.8 Å². The maximum atomic E-state index is 12.8. The summed E-state index contributed by atoms with van der Waals surface area (Å²) in [7, 11) is 0. The van der Waals surface area contributed by atoms with Crippen molar-refractivity contribution < 1.29 is 4.79 Å². The number of hydrogen-bond acceptors (Lipinski definition) is 4. The third-order valence-corrected chi connectivity index (χ3v) is 6.19. The Balaban J connectivity index is 1.42. The Bertz CT molecular complexity index is 866. The summed E-state index contributed by atoms with van der Waals surface area (Å²) in [4.78, 5) is 24.5. The van der Waals surface area contributed by atoms with Crippen molar-refractivity contribution in [3.63, 3.8) is 0 Å². The zero-order valence-corrected chi connectivity index (χ0v) is 15.2. The van der Waals surface area contributed by atoms with E-state index < -0.39 is 0 Å². The van der Waals surface area contributed by atoms with E-state index in [1.54, 1.807) is 0 Å². The molecule has 1 saturated heterocycles. The summed E-state index contributed by atoms with van der Waals surface area (Å²) in [6.45, 7) is 4.33. The zero-order chi connectivity index (χ0) is 17.7.